The Bertz CT molecular complexity index is 795. The lowest BCUT2D eigenvalue weighted by Gasteiger charge is -2.28. The second-order valence-corrected chi connectivity index (χ2v) is 6.01. The monoisotopic (exact) mass is 307 g/mol. The number of imidazole rings is 1. The van der Waals surface area contributed by atoms with Gasteiger partial charge >= 0.3 is 5.69 Å². The first-order valence-electron chi connectivity index (χ1n) is 7.51. The fourth-order valence-electron chi connectivity index (χ4n) is 2.77. The maximum atomic E-state index is 12.3. The molecule has 8 nitrogen and oxygen atoms in total. The van der Waals surface area contributed by atoms with Gasteiger partial charge in [-0.15, -0.1) is 0 Å². The van der Waals surface area contributed by atoms with Crippen LogP contribution in [0, 0.1) is 5.92 Å². The molecule has 0 aromatic carbocycles. The van der Waals surface area contributed by atoms with Crippen molar-refractivity contribution >= 4 is 17.1 Å². The maximum Gasteiger partial charge on any atom is 0.329 e. The SMILES string of the molecule is CC(C)Cn1c(N2CCOCC2)nc2c1c(=O)[nH]c(=O)n2C. The molecule has 0 saturated carbocycles. The summed E-state index contributed by atoms with van der Waals surface area (Å²) in [7, 11) is 1.62. The highest BCUT2D eigenvalue weighted by atomic mass is 16.5. The number of aromatic amines is 1. The summed E-state index contributed by atoms with van der Waals surface area (Å²) in [5, 5.41) is 0. The normalized spacial score (nSPS) is 15.9. The van der Waals surface area contributed by atoms with Crippen LogP contribution in [0.25, 0.3) is 11.2 Å². The van der Waals surface area contributed by atoms with E-state index in [4.69, 9.17) is 4.74 Å². The van der Waals surface area contributed by atoms with Crippen molar-refractivity contribution in [3.63, 3.8) is 0 Å². The summed E-state index contributed by atoms with van der Waals surface area (Å²) in [6.07, 6.45) is 0. The molecule has 1 aliphatic heterocycles. The van der Waals surface area contributed by atoms with Crippen LogP contribution in [0.4, 0.5) is 5.95 Å². The van der Waals surface area contributed by atoms with Crippen LogP contribution in [0.3, 0.4) is 0 Å². The molecule has 0 amide bonds. The molecule has 0 bridgehead atoms. The van der Waals surface area contributed by atoms with Gasteiger partial charge in [-0.05, 0) is 5.92 Å². The topological polar surface area (TPSA) is 85.2 Å². The van der Waals surface area contributed by atoms with Gasteiger partial charge in [-0.2, -0.15) is 4.98 Å². The number of hydrogen-bond acceptors (Lipinski definition) is 5. The number of anilines is 1. The minimum absolute atomic E-state index is 0.355. The molecule has 1 fully saturated rings. The Morgan fingerprint density at radius 2 is 1.95 bits per heavy atom. The Kier molecular flexibility index (Phi) is 3.78. The minimum atomic E-state index is -0.444. The van der Waals surface area contributed by atoms with E-state index in [-0.39, 0.29) is 5.56 Å². The van der Waals surface area contributed by atoms with Gasteiger partial charge in [0.05, 0.1) is 13.2 Å². The average Bonchev–Trinajstić information content (AvgIpc) is 2.85. The van der Waals surface area contributed by atoms with E-state index in [0.717, 1.165) is 19.0 Å². The summed E-state index contributed by atoms with van der Waals surface area (Å²) >= 11 is 0. The fraction of sp³-hybridized carbons (Fsp3) is 0.643. The van der Waals surface area contributed by atoms with E-state index < -0.39 is 5.69 Å². The summed E-state index contributed by atoms with van der Waals surface area (Å²) in [6.45, 7) is 7.58. The maximum absolute atomic E-state index is 12.3. The van der Waals surface area contributed by atoms with Gasteiger partial charge in [0, 0.05) is 26.7 Å². The Morgan fingerprint density at radius 3 is 2.59 bits per heavy atom. The molecular formula is C14H21N5O3. The first-order valence-corrected chi connectivity index (χ1v) is 7.51. The van der Waals surface area contributed by atoms with Crippen molar-refractivity contribution in [3.8, 4) is 0 Å². The summed E-state index contributed by atoms with van der Waals surface area (Å²) in [5.41, 5.74) is 0.0548. The van der Waals surface area contributed by atoms with Crippen LogP contribution in [-0.4, -0.2) is 45.4 Å². The van der Waals surface area contributed by atoms with Crippen LogP contribution in [0.1, 0.15) is 13.8 Å². The largest absolute Gasteiger partial charge is 0.378 e. The highest BCUT2D eigenvalue weighted by Gasteiger charge is 2.23. The van der Waals surface area contributed by atoms with Crippen LogP contribution in [0.15, 0.2) is 9.59 Å². The van der Waals surface area contributed by atoms with Crippen molar-refractivity contribution in [2.24, 2.45) is 13.0 Å². The molecule has 0 unspecified atom stereocenters. The number of ether oxygens (including phenoxy) is 1. The molecule has 0 spiro atoms. The molecule has 1 saturated heterocycles. The van der Waals surface area contributed by atoms with E-state index in [0.29, 0.717) is 36.8 Å². The van der Waals surface area contributed by atoms with Gasteiger partial charge in [0.25, 0.3) is 5.56 Å². The minimum Gasteiger partial charge on any atom is -0.378 e. The van der Waals surface area contributed by atoms with E-state index in [9.17, 15) is 9.59 Å². The summed E-state index contributed by atoms with van der Waals surface area (Å²) in [5.74, 6) is 1.09. The van der Waals surface area contributed by atoms with Gasteiger partial charge in [0.2, 0.25) is 5.95 Å². The lowest BCUT2D eigenvalue weighted by Crippen LogP contribution is -2.38. The molecule has 2 aromatic heterocycles. The van der Waals surface area contributed by atoms with Gasteiger partial charge in [-0.25, -0.2) is 4.79 Å². The lowest BCUT2D eigenvalue weighted by atomic mass is 10.2. The van der Waals surface area contributed by atoms with Crippen molar-refractivity contribution in [1.82, 2.24) is 19.1 Å². The third kappa shape index (κ3) is 2.43. The van der Waals surface area contributed by atoms with E-state index in [2.05, 4.69) is 28.7 Å². The molecule has 0 radical (unpaired) electrons. The van der Waals surface area contributed by atoms with Crippen LogP contribution >= 0.6 is 0 Å². The predicted molar refractivity (Wildman–Crippen MR) is 83.5 cm³/mol. The number of fused-ring (bicyclic) bond motifs is 1. The smallest absolute Gasteiger partial charge is 0.329 e. The molecule has 1 N–H and O–H groups in total. The van der Waals surface area contributed by atoms with E-state index in [1.807, 2.05) is 4.57 Å². The van der Waals surface area contributed by atoms with Crippen molar-refractivity contribution in [2.45, 2.75) is 20.4 Å². The van der Waals surface area contributed by atoms with Crippen LogP contribution < -0.4 is 16.1 Å². The Morgan fingerprint density at radius 1 is 1.27 bits per heavy atom. The lowest BCUT2D eigenvalue weighted by molar-refractivity contribution is 0.121. The van der Waals surface area contributed by atoms with Crippen molar-refractivity contribution in [1.29, 1.82) is 0 Å². The second kappa shape index (κ2) is 5.60. The highest BCUT2D eigenvalue weighted by Crippen LogP contribution is 2.21. The third-order valence-corrected chi connectivity index (χ3v) is 3.83. The molecular weight excluding hydrogens is 286 g/mol. The number of nitrogens with zero attached hydrogens (tertiary/aromatic N) is 4. The third-order valence-electron chi connectivity index (χ3n) is 3.83. The van der Waals surface area contributed by atoms with Crippen LogP contribution in [0.5, 0.6) is 0 Å². The van der Waals surface area contributed by atoms with E-state index >= 15 is 0 Å². The van der Waals surface area contributed by atoms with Gasteiger partial charge in [0.15, 0.2) is 11.2 Å². The number of aryl methyl sites for hydroxylation is 1. The average molecular weight is 307 g/mol. The Labute approximate surface area is 127 Å². The van der Waals surface area contributed by atoms with Gasteiger partial charge < -0.3 is 14.2 Å². The number of hydrogen-bond donors (Lipinski definition) is 1. The number of rotatable bonds is 3. The first kappa shape index (κ1) is 14.8. The Balaban J connectivity index is 2.26. The predicted octanol–water partition coefficient (Wildman–Crippen LogP) is -0.0841. The Hall–Kier alpha value is -2.09. The van der Waals surface area contributed by atoms with Crippen LogP contribution in [0.2, 0.25) is 0 Å². The summed E-state index contributed by atoms with van der Waals surface area (Å²) in [4.78, 5) is 33.1. The zero-order valence-electron chi connectivity index (χ0n) is 13.1. The number of morpholine rings is 1. The molecule has 0 aliphatic carbocycles. The zero-order chi connectivity index (χ0) is 15.9. The molecule has 3 rings (SSSR count). The molecule has 22 heavy (non-hydrogen) atoms. The summed E-state index contributed by atoms with van der Waals surface area (Å²) in [6, 6.07) is 0. The molecule has 8 heteroatoms. The van der Waals surface area contributed by atoms with E-state index in [1.54, 1.807) is 7.05 Å². The van der Waals surface area contributed by atoms with Crippen LogP contribution in [-0.2, 0) is 18.3 Å². The molecule has 3 heterocycles. The second-order valence-electron chi connectivity index (χ2n) is 6.01. The first-order chi connectivity index (χ1) is 10.5. The highest BCUT2D eigenvalue weighted by molar-refractivity contribution is 5.74. The number of nitrogens with one attached hydrogen (secondary N) is 1. The quantitative estimate of drug-likeness (QED) is 0.857. The number of H-pyrrole nitrogens is 1. The van der Waals surface area contributed by atoms with Crippen molar-refractivity contribution in [3.05, 3.63) is 20.8 Å². The van der Waals surface area contributed by atoms with Gasteiger partial charge in [-0.3, -0.25) is 14.3 Å². The summed E-state index contributed by atoms with van der Waals surface area (Å²) < 4.78 is 8.69. The standard InChI is InChI=1S/C14H21N5O3/c1-9(2)8-19-10-11(17(3)14(21)16-12(10)20)15-13(19)18-4-6-22-7-5-18/h9H,4-8H2,1-3H3,(H,16,20,21). The fourth-order valence-corrected chi connectivity index (χ4v) is 2.77. The molecule has 0 atom stereocenters. The number of aromatic nitrogens is 4. The molecule has 2 aromatic rings. The van der Waals surface area contributed by atoms with E-state index in [1.165, 1.54) is 4.57 Å². The molecule has 1 aliphatic rings. The van der Waals surface area contributed by atoms with Crippen molar-refractivity contribution < 1.29 is 4.74 Å². The van der Waals surface area contributed by atoms with Gasteiger partial charge in [0.1, 0.15) is 0 Å². The molecule has 120 valence electrons. The van der Waals surface area contributed by atoms with Gasteiger partial charge in [-0.1, -0.05) is 13.8 Å². The zero-order valence-corrected chi connectivity index (χ0v) is 13.1. The van der Waals surface area contributed by atoms with Crippen molar-refractivity contribution in [2.75, 3.05) is 31.2 Å².